The van der Waals surface area contributed by atoms with Crippen LogP contribution in [-0.4, -0.2) is 38.6 Å². The van der Waals surface area contributed by atoms with E-state index in [0.29, 0.717) is 5.56 Å². The van der Waals surface area contributed by atoms with Gasteiger partial charge in [-0.3, -0.25) is 19.2 Å². The minimum atomic E-state index is -4.46. The lowest BCUT2D eigenvalue weighted by molar-refractivity contribution is -0.385. The molecular formula is C28H37ClN4O6S. The molecule has 1 amide bonds. The van der Waals surface area contributed by atoms with Gasteiger partial charge in [0.1, 0.15) is 12.3 Å². The maximum absolute atomic E-state index is 13.8. The van der Waals surface area contributed by atoms with Crippen molar-refractivity contribution < 1.29 is 22.9 Å². The molecule has 0 aliphatic heterocycles. The molecule has 218 valence electrons. The average Bonchev–Trinajstić information content (AvgIpc) is 2.91. The highest BCUT2D eigenvalue weighted by Crippen LogP contribution is 2.35. The Kier molecular flexibility index (Phi) is 11.8. The molecule has 0 bridgehead atoms. The van der Waals surface area contributed by atoms with E-state index < -0.39 is 27.4 Å². The first-order valence-corrected chi connectivity index (χ1v) is 15.4. The van der Waals surface area contributed by atoms with Crippen LogP contribution >= 0.6 is 11.6 Å². The quantitative estimate of drug-likeness (QED) is 0.273. The van der Waals surface area contributed by atoms with E-state index in [-0.39, 0.29) is 27.0 Å². The fourth-order valence-electron chi connectivity index (χ4n) is 4.67. The fourth-order valence-corrected chi connectivity index (χ4v) is 6.28. The van der Waals surface area contributed by atoms with Gasteiger partial charge >= 0.3 is 0 Å². The number of hydrogen-bond acceptors (Lipinski definition) is 7. The summed E-state index contributed by atoms with van der Waals surface area (Å²) >= 11 is 6.19. The number of rotatable bonds is 8. The van der Waals surface area contributed by atoms with E-state index in [0.717, 1.165) is 54.6 Å². The smallest absolute Gasteiger partial charge is 0.273 e. The number of nitro benzene ring substituents is 1. The molecule has 0 radical (unpaired) electrons. The Morgan fingerprint density at radius 1 is 1.02 bits per heavy atom. The monoisotopic (exact) mass is 592 g/mol. The number of ether oxygens (including phenoxy) is 1. The summed E-state index contributed by atoms with van der Waals surface area (Å²) in [4.78, 5) is 23.6. The van der Waals surface area contributed by atoms with Crippen LogP contribution in [0.3, 0.4) is 0 Å². The molecule has 0 atom stereocenters. The van der Waals surface area contributed by atoms with Crippen molar-refractivity contribution in [3.05, 3.63) is 57.1 Å². The summed E-state index contributed by atoms with van der Waals surface area (Å²) in [7, 11) is -3.10. The number of hydrazone groups is 1. The van der Waals surface area contributed by atoms with Gasteiger partial charge in [-0.1, -0.05) is 62.6 Å². The Bertz CT molecular complexity index is 1320. The SMILES string of the molecule is COc1ccc(Cl)cc1N(CC(=O)NN=C1CCCCCCCCCCC1)S(=O)(=O)c1ccc(C)c([N+](=O)[O-])c1. The zero-order chi connectivity index (χ0) is 29.1. The summed E-state index contributed by atoms with van der Waals surface area (Å²) in [6, 6.07) is 7.99. The van der Waals surface area contributed by atoms with E-state index in [9.17, 15) is 23.3 Å². The molecule has 1 aliphatic rings. The van der Waals surface area contributed by atoms with E-state index in [1.807, 2.05) is 0 Å². The second-order valence-electron chi connectivity index (χ2n) is 9.93. The van der Waals surface area contributed by atoms with Gasteiger partial charge in [0.2, 0.25) is 0 Å². The van der Waals surface area contributed by atoms with Gasteiger partial charge in [0.05, 0.1) is 22.6 Å². The molecule has 2 aromatic rings. The molecule has 0 spiro atoms. The largest absolute Gasteiger partial charge is 0.495 e. The number of nitro groups is 1. The number of amides is 1. The van der Waals surface area contributed by atoms with Crippen LogP contribution in [0.25, 0.3) is 0 Å². The molecule has 1 fully saturated rings. The minimum absolute atomic E-state index is 0.0204. The number of benzene rings is 2. The van der Waals surface area contributed by atoms with Crippen molar-refractivity contribution in [1.82, 2.24) is 5.43 Å². The lowest BCUT2D eigenvalue weighted by Crippen LogP contribution is -2.40. The standard InChI is InChI=1S/C28H37ClN4O6S/c1-21-14-16-24(19-25(21)33(35)36)40(37,38)32(26-18-22(29)15-17-27(26)39-2)20-28(34)31-30-23-12-10-8-6-4-3-5-7-9-11-13-23/h14-19H,3-13,20H2,1-2H3,(H,31,34). The third kappa shape index (κ3) is 8.66. The molecule has 1 saturated carbocycles. The van der Waals surface area contributed by atoms with Crippen LogP contribution in [0.2, 0.25) is 5.02 Å². The number of anilines is 1. The van der Waals surface area contributed by atoms with Crippen LogP contribution in [0.5, 0.6) is 5.75 Å². The highest BCUT2D eigenvalue weighted by Gasteiger charge is 2.31. The number of nitrogens with zero attached hydrogens (tertiary/aromatic N) is 3. The van der Waals surface area contributed by atoms with E-state index >= 15 is 0 Å². The Morgan fingerprint density at radius 2 is 1.62 bits per heavy atom. The van der Waals surface area contributed by atoms with Crippen LogP contribution in [0.15, 0.2) is 46.4 Å². The molecule has 10 nitrogen and oxygen atoms in total. The van der Waals surface area contributed by atoms with Crippen LogP contribution < -0.4 is 14.5 Å². The van der Waals surface area contributed by atoms with Gasteiger partial charge in [-0.25, -0.2) is 13.8 Å². The molecule has 0 heterocycles. The number of carbonyl (C=O) groups is 1. The molecule has 1 N–H and O–H groups in total. The summed E-state index contributed by atoms with van der Waals surface area (Å²) in [5, 5.41) is 16.1. The van der Waals surface area contributed by atoms with Gasteiger partial charge in [0, 0.05) is 22.4 Å². The molecule has 0 aromatic heterocycles. The van der Waals surface area contributed by atoms with E-state index in [2.05, 4.69) is 10.5 Å². The van der Waals surface area contributed by atoms with E-state index in [1.165, 1.54) is 76.5 Å². The van der Waals surface area contributed by atoms with Crippen molar-refractivity contribution in [3.63, 3.8) is 0 Å². The summed E-state index contributed by atoms with van der Waals surface area (Å²) in [5.74, 6) is -0.501. The fraction of sp³-hybridized carbons (Fsp3) is 0.500. The zero-order valence-electron chi connectivity index (χ0n) is 23.0. The van der Waals surface area contributed by atoms with Gasteiger partial charge < -0.3 is 4.74 Å². The zero-order valence-corrected chi connectivity index (χ0v) is 24.6. The number of hydrogen-bond donors (Lipinski definition) is 1. The van der Waals surface area contributed by atoms with Crippen LogP contribution in [-0.2, 0) is 14.8 Å². The summed E-state index contributed by atoms with van der Waals surface area (Å²) in [5.41, 5.74) is 3.40. The normalized spacial score (nSPS) is 15.3. The molecule has 3 rings (SSSR count). The predicted octanol–water partition coefficient (Wildman–Crippen LogP) is 6.54. The third-order valence-electron chi connectivity index (χ3n) is 6.93. The van der Waals surface area contributed by atoms with Crippen molar-refractivity contribution in [2.45, 2.75) is 82.4 Å². The highest BCUT2D eigenvalue weighted by molar-refractivity contribution is 7.92. The number of carbonyl (C=O) groups excluding carboxylic acids is 1. The number of sulfonamides is 1. The Labute approximate surface area is 240 Å². The lowest BCUT2D eigenvalue weighted by atomic mass is 10.00. The van der Waals surface area contributed by atoms with Gasteiger partial charge in [0.15, 0.2) is 0 Å². The van der Waals surface area contributed by atoms with E-state index in [1.54, 1.807) is 0 Å². The van der Waals surface area contributed by atoms with Crippen LogP contribution in [0, 0.1) is 17.0 Å². The first kappa shape index (κ1) is 31.3. The van der Waals surface area contributed by atoms with Crippen molar-refractivity contribution in [3.8, 4) is 5.75 Å². The number of nitrogens with one attached hydrogen (secondary N) is 1. The van der Waals surface area contributed by atoms with Crippen molar-refractivity contribution in [2.24, 2.45) is 5.10 Å². The Hall–Kier alpha value is -3.18. The van der Waals surface area contributed by atoms with Crippen molar-refractivity contribution >= 4 is 44.6 Å². The molecule has 2 aromatic carbocycles. The molecule has 40 heavy (non-hydrogen) atoms. The molecule has 0 unspecified atom stereocenters. The van der Waals surface area contributed by atoms with Gasteiger partial charge in [0.25, 0.3) is 21.6 Å². The minimum Gasteiger partial charge on any atom is -0.495 e. The second kappa shape index (κ2) is 15.0. The summed E-state index contributed by atoms with van der Waals surface area (Å²) in [6.45, 7) is 0.874. The predicted molar refractivity (Wildman–Crippen MR) is 157 cm³/mol. The molecule has 1 aliphatic carbocycles. The van der Waals surface area contributed by atoms with Crippen molar-refractivity contribution in [2.75, 3.05) is 18.0 Å². The third-order valence-corrected chi connectivity index (χ3v) is 8.92. The van der Waals surface area contributed by atoms with Crippen LogP contribution in [0.1, 0.15) is 76.2 Å². The Morgan fingerprint density at radius 3 is 2.20 bits per heavy atom. The van der Waals surface area contributed by atoms with E-state index in [4.69, 9.17) is 16.3 Å². The maximum atomic E-state index is 13.8. The highest BCUT2D eigenvalue weighted by atomic mass is 35.5. The first-order valence-electron chi connectivity index (χ1n) is 13.6. The summed E-state index contributed by atoms with van der Waals surface area (Å²) < 4.78 is 33.9. The number of halogens is 1. The van der Waals surface area contributed by atoms with Gasteiger partial charge in [-0.05, 0) is 56.9 Å². The Balaban J connectivity index is 1.91. The first-order chi connectivity index (χ1) is 19.1. The van der Waals surface area contributed by atoms with Crippen molar-refractivity contribution in [1.29, 1.82) is 0 Å². The van der Waals surface area contributed by atoms with Gasteiger partial charge in [-0.2, -0.15) is 5.10 Å². The molecule has 0 saturated heterocycles. The summed E-state index contributed by atoms with van der Waals surface area (Å²) in [6.07, 6.45) is 11.9. The maximum Gasteiger partial charge on any atom is 0.273 e. The topological polar surface area (TPSA) is 131 Å². The number of aryl methyl sites for hydroxylation is 1. The second-order valence-corrected chi connectivity index (χ2v) is 12.2. The van der Waals surface area contributed by atoms with Gasteiger partial charge in [-0.15, -0.1) is 0 Å². The lowest BCUT2D eigenvalue weighted by Gasteiger charge is -2.25. The average molecular weight is 593 g/mol. The molecule has 12 heteroatoms. The van der Waals surface area contributed by atoms with Crippen LogP contribution in [0.4, 0.5) is 11.4 Å². The number of methoxy groups -OCH3 is 1. The molecular weight excluding hydrogens is 556 g/mol.